The molecule has 0 spiro atoms. The van der Waals surface area contributed by atoms with Gasteiger partial charge in [0, 0.05) is 19.2 Å². The Kier molecular flexibility index (Phi) is 3.81. The smallest absolute Gasteiger partial charge is 0.171 e. The number of hydrogen-bond acceptors (Lipinski definition) is 3. The molecule has 1 aliphatic heterocycles. The molecule has 0 bridgehead atoms. The number of ether oxygens (including phenoxy) is 2. The maximum atomic E-state index is 5.74. The van der Waals surface area contributed by atoms with E-state index in [2.05, 4.69) is 5.32 Å². The van der Waals surface area contributed by atoms with E-state index >= 15 is 0 Å². The number of nitrogens with one attached hydrogen (secondary N) is 1. The predicted octanol–water partition coefficient (Wildman–Crippen LogP) is 1.53. The lowest BCUT2D eigenvalue weighted by Crippen LogP contribution is -2.37. The molecule has 0 saturated carbocycles. The van der Waals surface area contributed by atoms with Gasteiger partial charge in [0.15, 0.2) is 11.3 Å². The maximum Gasteiger partial charge on any atom is 0.171 e. The number of thiocarbonyl (C=S) groups is 1. The first-order valence-electron chi connectivity index (χ1n) is 5.50. The minimum Gasteiger partial charge on any atom is -0.496 e. The molecule has 1 aliphatic rings. The third-order valence-electron chi connectivity index (χ3n) is 2.77. The lowest BCUT2D eigenvalue weighted by Gasteiger charge is -2.26. The maximum absolute atomic E-state index is 5.74. The summed E-state index contributed by atoms with van der Waals surface area (Å²) in [5, 5.41) is 3.67. The molecule has 1 aromatic carbocycles. The van der Waals surface area contributed by atoms with E-state index in [1.807, 2.05) is 36.2 Å². The van der Waals surface area contributed by atoms with E-state index < -0.39 is 0 Å². The lowest BCUT2D eigenvalue weighted by atomic mass is 10.1. The van der Waals surface area contributed by atoms with Gasteiger partial charge < -0.3 is 19.7 Å². The van der Waals surface area contributed by atoms with E-state index in [1.165, 1.54) is 0 Å². The van der Waals surface area contributed by atoms with Gasteiger partial charge in [0.2, 0.25) is 0 Å². The minimum absolute atomic E-state index is 0.161. The van der Waals surface area contributed by atoms with E-state index in [0.29, 0.717) is 11.7 Å². The molecule has 1 unspecified atom stereocenters. The normalized spacial score (nSPS) is 19.2. The lowest BCUT2D eigenvalue weighted by molar-refractivity contribution is 0.0609. The summed E-state index contributed by atoms with van der Waals surface area (Å²) in [6, 6.07) is 7.84. The summed E-state index contributed by atoms with van der Waals surface area (Å²) >= 11 is 5.27. The van der Waals surface area contributed by atoms with Crippen LogP contribution in [0.15, 0.2) is 24.3 Å². The Hall–Kier alpha value is -1.33. The molecule has 1 N–H and O–H groups in total. The van der Waals surface area contributed by atoms with Crippen molar-refractivity contribution >= 4 is 17.3 Å². The molecular weight excluding hydrogens is 236 g/mol. The molecule has 1 fully saturated rings. The van der Waals surface area contributed by atoms with Crippen LogP contribution in [0.2, 0.25) is 0 Å². The van der Waals surface area contributed by atoms with Crippen molar-refractivity contribution < 1.29 is 9.47 Å². The summed E-state index contributed by atoms with van der Waals surface area (Å²) in [5.41, 5.74) is 1.00. The predicted molar refractivity (Wildman–Crippen MR) is 70.1 cm³/mol. The fraction of sp³-hybridized carbons (Fsp3) is 0.417. The summed E-state index contributed by atoms with van der Waals surface area (Å²) in [5.74, 6) is 0.823. The van der Waals surface area contributed by atoms with Crippen LogP contribution in [-0.2, 0) is 4.74 Å². The Balaban J connectivity index is 2.29. The van der Waals surface area contributed by atoms with Gasteiger partial charge in [-0.05, 0) is 18.3 Å². The summed E-state index contributed by atoms with van der Waals surface area (Å²) in [4.78, 5) is 2.02. The van der Waals surface area contributed by atoms with Gasteiger partial charge in [-0.1, -0.05) is 18.2 Å². The van der Waals surface area contributed by atoms with Crippen molar-refractivity contribution in [3.63, 3.8) is 0 Å². The summed E-state index contributed by atoms with van der Waals surface area (Å²) in [7, 11) is 3.48. The zero-order valence-corrected chi connectivity index (χ0v) is 10.8. The number of nitrogens with zero attached hydrogens (tertiary/aromatic N) is 1. The highest BCUT2D eigenvalue weighted by atomic mass is 32.1. The van der Waals surface area contributed by atoms with Crippen molar-refractivity contribution in [3.05, 3.63) is 29.8 Å². The second-order valence-electron chi connectivity index (χ2n) is 3.71. The summed E-state index contributed by atoms with van der Waals surface area (Å²) in [6.07, 6.45) is -0.161. The number of hydrogen-bond donors (Lipinski definition) is 1. The highest BCUT2D eigenvalue weighted by molar-refractivity contribution is 7.80. The molecule has 0 aromatic heterocycles. The van der Waals surface area contributed by atoms with Crippen LogP contribution in [0.25, 0.3) is 0 Å². The molecule has 92 valence electrons. The summed E-state index contributed by atoms with van der Waals surface area (Å²) < 4.78 is 11.1. The molecule has 4 nitrogen and oxygen atoms in total. The fourth-order valence-corrected chi connectivity index (χ4v) is 2.14. The number of para-hydroxylation sites is 1. The van der Waals surface area contributed by atoms with Crippen molar-refractivity contribution in [3.8, 4) is 5.75 Å². The first kappa shape index (κ1) is 12.1. The van der Waals surface area contributed by atoms with Crippen LogP contribution in [-0.4, -0.2) is 37.3 Å². The highest BCUT2D eigenvalue weighted by Gasteiger charge is 2.30. The third kappa shape index (κ3) is 2.35. The number of benzene rings is 1. The van der Waals surface area contributed by atoms with Crippen LogP contribution >= 0.6 is 12.2 Å². The van der Waals surface area contributed by atoms with E-state index in [4.69, 9.17) is 21.7 Å². The van der Waals surface area contributed by atoms with E-state index in [1.54, 1.807) is 7.11 Å². The number of rotatable bonds is 2. The molecule has 0 radical (unpaired) electrons. The molecular formula is C12H16N2O2S. The highest BCUT2D eigenvalue weighted by Crippen LogP contribution is 2.33. The molecule has 0 amide bonds. The Bertz CT molecular complexity index is 411. The molecule has 5 heteroatoms. The van der Waals surface area contributed by atoms with Crippen LogP contribution in [0.1, 0.15) is 11.8 Å². The van der Waals surface area contributed by atoms with Gasteiger partial charge in [-0.2, -0.15) is 0 Å². The zero-order chi connectivity index (χ0) is 12.3. The van der Waals surface area contributed by atoms with Crippen LogP contribution < -0.4 is 10.1 Å². The van der Waals surface area contributed by atoms with E-state index in [9.17, 15) is 0 Å². The number of methoxy groups -OCH3 is 1. The average molecular weight is 252 g/mol. The van der Waals surface area contributed by atoms with E-state index in [-0.39, 0.29) is 6.23 Å². The molecule has 17 heavy (non-hydrogen) atoms. The molecule has 0 aliphatic carbocycles. The quantitative estimate of drug-likeness (QED) is 0.807. The van der Waals surface area contributed by atoms with Gasteiger partial charge >= 0.3 is 0 Å². The van der Waals surface area contributed by atoms with Crippen LogP contribution in [0, 0.1) is 0 Å². The van der Waals surface area contributed by atoms with Gasteiger partial charge in [-0.15, -0.1) is 0 Å². The molecule has 1 atom stereocenters. The third-order valence-corrected chi connectivity index (χ3v) is 3.21. The van der Waals surface area contributed by atoms with Crippen molar-refractivity contribution in [1.29, 1.82) is 0 Å². The van der Waals surface area contributed by atoms with Gasteiger partial charge in [0.25, 0.3) is 0 Å². The van der Waals surface area contributed by atoms with Crippen LogP contribution in [0.3, 0.4) is 0 Å². The van der Waals surface area contributed by atoms with Crippen molar-refractivity contribution in [1.82, 2.24) is 10.2 Å². The Morgan fingerprint density at radius 1 is 1.53 bits per heavy atom. The van der Waals surface area contributed by atoms with Gasteiger partial charge in [-0.3, -0.25) is 0 Å². The van der Waals surface area contributed by atoms with Crippen LogP contribution in [0.4, 0.5) is 0 Å². The van der Waals surface area contributed by atoms with Crippen LogP contribution in [0.5, 0.6) is 5.75 Å². The van der Waals surface area contributed by atoms with Gasteiger partial charge in [0.05, 0.1) is 13.7 Å². The molecule has 1 saturated heterocycles. The molecule has 2 rings (SSSR count). The Morgan fingerprint density at radius 3 is 3.00 bits per heavy atom. The monoisotopic (exact) mass is 252 g/mol. The topological polar surface area (TPSA) is 33.7 Å². The van der Waals surface area contributed by atoms with E-state index in [0.717, 1.165) is 17.9 Å². The van der Waals surface area contributed by atoms with Crippen molar-refractivity contribution in [2.24, 2.45) is 0 Å². The molecule has 1 aromatic rings. The Morgan fingerprint density at radius 2 is 2.29 bits per heavy atom. The first-order chi connectivity index (χ1) is 8.27. The SMILES string of the molecule is CNC(=S)N1CCOC1c1ccccc1OC. The van der Waals surface area contributed by atoms with Gasteiger partial charge in [-0.25, -0.2) is 0 Å². The fourth-order valence-electron chi connectivity index (χ4n) is 1.95. The van der Waals surface area contributed by atoms with Crippen molar-refractivity contribution in [2.45, 2.75) is 6.23 Å². The summed E-state index contributed by atoms with van der Waals surface area (Å²) in [6.45, 7) is 1.47. The zero-order valence-electron chi connectivity index (χ0n) is 9.97. The Labute approximate surface area is 107 Å². The second-order valence-corrected chi connectivity index (χ2v) is 4.10. The van der Waals surface area contributed by atoms with Gasteiger partial charge in [0.1, 0.15) is 5.75 Å². The second kappa shape index (κ2) is 5.33. The largest absolute Gasteiger partial charge is 0.496 e. The van der Waals surface area contributed by atoms with Crippen molar-refractivity contribution in [2.75, 3.05) is 27.3 Å². The average Bonchev–Trinajstić information content (AvgIpc) is 2.86. The minimum atomic E-state index is -0.161. The first-order valence-corrected chi connectivity index (χ1v) is 5.91. The molecule has 1 heterocycles. The standard InChI is InChI=1S/C12H16N2O2S/c1-13-12(17)14-7-8-16-11(14)9-5-3-4-6-10(9)15-2/h3-6,11H,7-8H2,1-2H3,(H,13,17).